The molecule has 0 aliphatic carbocycles. The predicted octanol–water partition coefficient (Wildman–Crippen LogP) is 3.30. The van der Waals surface area contributed by atoms with Crippen LogP contribution in [-0.2, 0) is 0 Å². The van der Waals surface area contributed by atoms with Crippen LogP contribution in [0.3, 0.4) is 0 Å². The van der Waals surface area contributed by atoms with Gasteiger partial charge in [0.2, 0.25) is 0 Å². The maximum absolute atomic E-state index is 9.33. The summed E-state index contributed by atoms with van der Waals surface area (Å²) in [5.74, 6) is 0.834. The molecule has 1 aromatic carbocycles. The molecule has 0 spiro atoms. The van der Waals surface area contributed by atoms with Crippen molar-refractivity contribution in [2.24, 2.45) is 11.1 Å². The summed E-state index contributed by atoms with van der Waals surface area (Å²) in [7, 11) is 0. The van der Waals surface area contributed by atoms with Gasteiger partial charge >= 0.3 is 0 Å². The van der Waals surface area contributed by atoms with E-state index < -0.39 is 0 Å². The SMILES string of the molecule is CC(C)(C)Oc1ccc([C@H](N)C(C)(C)CO)cc1.Cl. The van der Waals surface area contributed by atoms with Gasteiger partial charge in [-0.3, -0.25) is 0 Å². The van der Waals surface area contributed by atoms with Crippen LogP contribution in [0.15, 0.2) is 24.3 Å². The Labute approximate surface area is 122 Å². The monoisotopic (exact) mass is 287 g/mol. The largest absolute Gasteiger partial charge is 0.488 e. The van der Waals surface area contributed by atoms with Gasteiger partial charge in [-0.2, -0.15) is 0 Å². The van der Waals surface area contributed by atoms with Gasteiger partial charge in [0, 0.05) is 18.1 Å². The average molecular weight is 288 g/mol. The molecule has 0 aliphatic rings. The molecule has 1 aromatic rings. The van der Waals surface area contributed by atoms with E-state index in [9.17, 15) is 5.11 Å². The quantitative estimate of drug-likeness (QED) is 0.893. The van der Waals surface area contributed by atoms with Crippen molar-refractivity contribution in [2.45, 2.75) is 46.3 Å². The Morgan fingerprint density at radius 3 is 1.95 bits per heavy atom. The van der Waals surface area contributed by atoms with Crippen LogP contribution >= 0.6 is 12.4 Å². The molecule has 0 amide bonds. The van der Waals surface area contributed by atoms with E-state index >= 15 is 0 Å². The second kappa shape index (κ2) is 6.60. The molecular weight excluding hydrogens is 262 g/mol. The van der Waals surface area contributed by atoms with Crippen LogP contribution < -0.4 is 10.5 Å². The van der Waals surface area contributed by atoms with Crippen molar-refractivity contribution in [1.82, 2.24) is 0 Å². The average Bonchev–Trinajstić information content (AvgIpc) is 2.27. The van der Waals surface area contributed by atoms with E-state index in [1.54, 1.807) is 0 Å². The molecule has 0 radical (unpaired) electrons. The topological polar surface area (TPSA) is 55.5 Å². The molecule has 110 valence electrons. The van der Waals surface area contributed by atoms with Crippen LogP contribution in [0.4, 0.5) is 0 Å². The Morgan fingerprint density at radius 2 is 1.58 bits per heavy atom. The third kappa shape index (κ3) is 5.39. The molecule has 4 heteroatoms. The van der Waals surface area contributed by atoms with Gasteiger partial charge in [0.25, 0.3) is 0 Å². The van der Waals surface area contributed by atoms with Crippen molar-refractivity contribution in [3.8, 4) is 5.75 Å². The summed E-state index contributed by atoms with van der Waals surface area (Å²) in [6, 6.07) is 7.58. The number of ether oxygens (including phenoxy) is 1. The highest BCUT2D eigenvalue weighted by Crippen LogP contribution is 2.31. The van der Waals surface area contributed by atoms with E-state index in [4.69, 9.17) is 10.5 Å². The zero-order valence-electron chi connectivity index (χ0n) is 12.4. The van der Waals surface area contributed by atoms with E-state index in [-0.39, 0.29) is 36.1 Å². The highest BCUT2D eigenvalue weighted by Gasteiger charge is 2.26. The minimum absolute atomic E-state index is 0. The normalized spacial score (nSPS) is 13.6. The van der Waals surface area contributed by atoms with Gasteiger partial charge in [0.1, 0.15) is 11.4 Å². The highest BCUT2D eigenvalue weighted by atomic mass is 35.5. The molecule has 0 aromatic heterocycles. The summed E-state index contributed by atoms with van der Waals surface area (Å²) in [5, 5.41) is 9.33. The molecule has 0 saturated heterocycles. The number of rotatable bonds is 4. The van der Waals surface area contributed by atoms with Crippen LogP contribution in [0.25, 0.3) is 0 Å². The summed E-state index contributed by atoms with van der Waals surface area (Å²) in [6.07, 6.45) is 0. The zero-order chi connectivity index (χ0) is 14.0. The Kier molecular flexibility index (Phi) is 6.33. The molecular formula is C15H26ClNO2. The lowest BCUT2D eigenvalue weighted by molar-refractivity contribution is 0.129. The predicted molar refractivity (Wildman–Crippen MR) is 81.9 cm³/mol. The van der Waals surface area contributed by atoms with Gasteiger partial charge in [-0.15, -0.1) is 12.4 Å². The maximum atomic E-state index is 9.33. The van der Waals surface area contributed by atoms with Crippen molar-refractivity contribution in [3.63, 3.8) is 0 Å². The van der Waals surface area contributed by atoms with Crippen LogP contribution in [0.2, 0.25) is 0 Å². The fraction of sp³-hybridized carbons (Fsp3) is 0.600. The second-order valence-electron chi connectivity index (χ2n) is 6.41. The number of aliphatic hydroxyl groups is 1. The number of nitrogens with two attached hydrogens (primary N) is 1. The fourth-order valence-corrected chi connectivity index (χ4v) is 1.65. The second-order valence-corrected chi connectivity index (χ2v) is 6.41. The minimum atomic E-state index is -0.327. The first kappa shape index (κ1) is 18.2. The van der Waals surface area contributed by atoms with Crippen molar-refractivity contribution in [2.75, 3.05) is 6.61 Å². The molecule has 3 N–H and O–H groups in total. The molecule has 0 aliphatic heterocycles. The number of benzene rings is 1. The third-order valence-corrected chi connectivity index (χ3v) is 2.91. The first-order valence-electron chi connectivity index (χ1n) is 6.31. The number of halogens is 1. The molecule has 0 saturated carbocycles. The van der Waals surface area contributed by atoms with Crippen molar-refractivity contribution < 1.29 is 9.84 Å². The van der Waals surface area contributed by atoms with Gasteiger partial charge in [0.05, 0.1) is 0 Å². The molecule has 19 heavy (non-hydrogen) atoms. The Hall–Kier alpha value is -0.770. The third-order valence-electron chi connectivity index (χ3n) is 2.91. The van der Waals surface area contributed by atoms with Crippen LogP contribution in [-0.4, -0.2) is 17.3 Å². The van der Waals surface area contributed by atoms with E-state index in [1.165, 1.54) is 0 Å². The Bertz CT molecular complexity index is 382. The summed E-state index contributed by atoms with van der Waals surface area (Å²) in [6.45, 7) is 10.0. The molecule has 3 nitrogen and oxygen atoms in total. The van der Waals surface area contributed by atoms with Gasteiger partial charge in [0.15, 0.2) is 0 Å². The van der Waals surface area contributed by atoms with Crippen LogP contribution in [0.5, 0.6) is 5.75 Å². The van der Waals surface area contributed by atoms with Gasteiger partial charge < -0.3 is 15.6 Å². The van der Waals surface area contributed by atoms with E-state index in [0.717, 1.165) is 11.3 Å². The summed E-state index contributed by atoms with van der Waals surface area (Å²) in [5.41, 5.74) is 6.64. The molecule has 0 bridgehead atoms. The van der Waals surface area contributed by atoms with Crippen molar-refractivity contribution >= 4 is 12.4 Å². The Morgan fingerprint density at radius 1 is 1.11 bits per heavy atom. The summed E-state index contributed by atoms with van der Waals surface area (Å²) >= 11 is 0. The highest BCUT2D eigenvalue weighted by molar-refractivity contribution is 5.85. The zero-order valence-corrected chi connectivity index (χ0v) is 13.3. The van der Waals surface area contributed by atoms with Crippen LogP contribution in [0.1, 0.15) is 46.2 Å². The van der Waals surface area contributed by atoms with Gasteiger partial charge in [-0.1, -0.05) is 26.0 Å². The van der Waals surface area contributed by atoms with Crippen molar-refractivity contribution in [3.05, 3.63) is 29.8 Å². The van der Waals surface area contributed by atoms with Gasteiger partial charge in [-0.25, -0.2) is 0 Å². The lowest BCUT2D eigenvalue weighted by atomic mass is 9.82. The van der Waals surface area contributed by atoms with E-state index in [2.05, 4.69) is 0 Å². The Balaban J connectivity index is 0.00000324. The smallest absolute Gasteiger partial charge is 0.120 e. The molecule has 0 unspecified atom stereocenters. The standard InChI is InChI=1S/C15H25NO2.ClH/c1-14(2,3)18-12-8-6-11(7-9-12)13(16)15(4,5)10-17;/h6-9,13,17H,10,16H2,1-5H3;1H/t13-;/m0./s1. The lowest BCUT2D eigenvalue weighted by Crippen LogP contribution is -2.32. The lowest BCUT2D eigenvalue weighted by Gasteiger charge is -2.30. The number of hydrogen-bond acceptors (Lipinski definition) is 3. The van der Waals surface area contributed by atoms with Crippen LogP contribution in [0, 0.1) is 5.41 Å². The maximum Gasteiger partial charge on any atom is 0.120 e. The first-order chi connectivity index (χ1) is 8.15. The van der Waals surface area contributed by atoms with Gasteiger partial charge in [-0.05, 0) is 38.5 Å². The molecule has 0 fully saturated rings. The number of aliphatic hydroxyl groups excluding tert-OH is 1. The van der Waals surface area contributed by atoms with Crippen molar-refractivity contribution in [1.29, 1.82) is 0 Å². The summed E-state index contributed by atoms with van der Waals surface area (Å²) < 4.78 is 5.76. The minimum Gasteiger partial charge on any atom is -0.488 e. The van der Waals surface area contributed by atoms with E-state index in [1.807, 2.05) is 58.9 Å². The fourth-order valence-electron chi connectivity index (χ4n) is 1.65. The molecule has 1 rings (SSSR count). The van der Waals surface area contributed by atoms with E-state index in [0.29, 0.717) is 0 Å². The number of hydrogen-bond donors (Lipinski definition) is 2. The summed E-state index contributed by atoms with van der Waals surface area (Å²) in [4.78, 5) is 0. The molecule has 0 heterocycles. The molecule has 1 atom stereocenters. The first-order valence-corrected chi connectivity index (χ1v) is 6.31.